The Morgan fingerprint density at radius 1 is 1.57 bits per heavy atom. The van der Waals surface area contributed by atoms with Crippen LogP contribution in [-0.2, 0) is 4.79 Å². The maximum atomic E-state index is 11.4. The van der Waals surface area contributed by atoms with Crippen LogP contribution in [0.3, 0.4) is 0 Å². The van der Waals surface area contributed by atoms with E-state index in [1.165, 1.54) is 18.6 Å². The highest BCUT2D eigenvalue weighted by Crippen LogP contribution is 2.32. The molecule has 1 atom stereocenters. The highest BCUT2D eigenvalue weighted by Gasteiger charge is 2.45. The fraction of sp³-hybridized carbons (Fsp3) is 0.889. The summed E-state index contributed by atoms with van der Waals surface area (Å²) in [5.41, 5.74) is 5.26. The van der Waals surface area contributed by atoms with Gasteiger partial charge in [-0.3, -0.25) is 4.79 Å². The Morgan fingerprint density at radius 2 is 2.29 bits per heavy atom. The first-order chi connectivity index (χ1) is 6.21. The topological polar surface area (TPSA) is 55.1 Å². The Balaban J connectivity index is 0.000000980. The van der Waals surface area contributed by atoms with Crippen molar-refractivity contribution in [3.05, 3.63) is 0 Å². The largest absolute Gasteiger partial charge is 0.353 e. The van der Waals surface area contributed by atoms with E-state index in [4.69, 9.17) is 5.73 Å². The molecule has 1 unspecified atom stereocenters. The van der Waals surface area contributed by atoms with Gasteiger partial charge in [-0.1, -0.05) is 0 Å². The standard InChI is InChI=1S/C9H16N2OS.ClH/c10-9(3-4-9)8(12)11-6-7-2-1-5-13-7;/h7H,1-6,10H2,(H,11,12);1H. The predicted molar refractivity (Wildman–Crippen MR) is 61.9 cm³/mol. The van der Waals surface area contributed by atoms with Crippen LogP contribution in [0.5, 0.6) is 0 Å². The van der Waals surface area contributed by atoms with Gasteiger partial charge in [0.1, 0.15) is 0 Å². The third kappa shape index (κ3) is 2.78. The SMILES string of the molecule is Cl.NC1(C(=O)NCC2CCCS2)CC1. The van der Waals surface area contributed by atoms with Gasteiger partial charge in [-0.2, -0.15) is 11.8 Å². The Hall–Kier alpha value is 0.0700. The Labute approximate surface area is 95.0 Å². The van der Waals surface area contributed by atoms with Crippen LogP contribution in [0.2, 0.25) is 0 Å². The summed E-state index contributed by atoms with van der Waals surface area (Å²) in [5, 5.41) is 3.57. The lowest BCUT2D eigenvalue weighted by molar-refractivity contribution is -0.123. The van der Waals surface area contributed by atoms with Gasteiger partial charge in [0.2, 0.25) is 5.91 Å². The van der Waals surface area contributed by atoms with Gasteiger partial charge < -0.3 is 11.1 Å². The van der Waals surface area contributed by atoms with E-state index >= 15 is 0 Å². The fourth-order valence-electron chi connectivity index (χ4n) is 1.55. The summed E-state index contributed by atoms with van der Waals surface area (Å²) in [6.07, 6.45) is 4.24. The van der Waals surface area contributed by atoms with Crippen molar-refractivity contribution >= 4 is 30.1 Å². The van der Waals surface area contributed by atoms with Gasteiger partial charge in [-0.05, 0) is 31.4 Å². The molecule has 0 bridgehead atoms. The predicted octanol–water partition coefficient (Wildman–Crippen LogP) is 0.911. The molecule has 0 aromatic carbocycles. The zero-order chi connectivity index (χ0) is 9.31. The molecule has 3 N–H and O–H groups in total. The number of hydrogen-bond donors (Lipinski definition) is 2. The van der Waals surface area contributed by atoms with Gasteiger partial charge in [0.05, 0.1) is 5.54 Å². The van der Waals surface area contributed by atoms with Crippen molar-refractivity contribution in [1.29, 1.82) is 0 Å². The zero-order valence-corrected chi connectivity index (χ0v) is 9.76. The molecule has 1 heterocycles. The lowest BCUT2D eigenvalue weighted by atomic mass is 10.2. The van der Waals surface area contributed by atoms with Crippen molar-refractivity contribution < 1.29 is 4.79 Å². The number of thioether (sulfide) groups is 1. The summed E-state index contributed by atoms with van der Waals surface area (Å²) in [6, 6.07) is 0. The number of halogens is 1. The molecule has 1 saturated carbocycles. The van der Waals surface area contributed by atoms with Crippen LogP contribution in [0, 0.1) is 0 Å². The van der Waals surface area contributed by atoms with E-state index in [9.17, 15) is 4.79 Å². The average molecular weight is 237 g/mol. The molecule has 1 aliphatic heterocycles. The number of nitrogens with two attached hydrogens (primary N) is 1. The smallest absolute Gasteiger partial charge is 0.240 e. The molecular weight excluding hydrogens is 220 g/mol. The Kier molecular flexibility index (Phi) is 4.10. The second-order valence-corrected chi connectivity index (χ2v) is 5.41. The van der Waals surface area contributed by atoms with Crippen LogP contribution < -0.4 is 11.1 Å². The van der Waals surface area contributed by atoms with E-state index < -0.39 is 5.54 Å². The average Bonchev–Trinajstić information content (AvgIpc) is 2.70. The normalized spacial score (nSPS) is 27.9. The number of carbonyl (C=O) groups is 1. The monoisotopic (exact) mass is 236 g/mol. The van der Waals surface area contributed by atoms with Crippen LogP contribution >= 0.6 is 24.2 Å². The molecule has 0 radical (unpaired) electrons. The van der Waals surface area contributed by atoms with E-state index in [1.807, 2.05) is 11.8 Å². The number of hydrogen-bond acceptors (Lipinski definition) is 3. The number of nitrogens with one attached hydrogen (secondary N) is 1. The van der Waals surface area contributed by atoms with Crippen LogP contribution in [0.25, 0.3) is 0 Å². The molecule has 0 spiro atoms. The molecule has 2 rings (SSSR count). The molecular formula is C9H17ClN2OS. The van der Waals surface area contributed by atoms with E-state index in [0.29, 0.717) is 5.25 Å². The first-order valence-electron chi connectivity index (χ1n) is 4.89. The molecule has 82 valence electrons. The molecule has 1 saturated heterocycles. The fourth-order valence-corrected chi connectivity index (χ4v) is 2.75. The van der Waals surface area contributed by atoms with E-state index in [2.05, 4.69) is 5.32 Å². The molecule has 5 heteroatoms. The first kappa shape index (κ1) is 12.1. The third-order valence-corrected chi connectivity index (χ3v) is 4.15. The van der Waals surface area contributed by atoms with Crippen molar-refractivity contribution in [2.24, 2.45) is 5.73 Å². The molecule has 0 aromatic heterocycles. The van der Waals surface area contributed by atoms with Crippen molar-refractivity contribution in [2.45, 2.75) is 36.5 Å². The minimum Gasteiger partial charge on any atom is -0.353 e. The summed E-state index contributed by atoms with van der Waals surface area (Å²) in [4.78, 5) is 11.4. The minimum absolute atomic E-state index is 0. The van der Waals surface area contributed by atoms with Crippen molar-refractivity contribution in [3.8, 4) is 0 Å². The number of rotatable bonds is 3. The Bertz CT molecular complexity index is 215. The summed E-state index contributed by atoms with van der Waals surface area (Å²) < 4.78 is 0. The second-order valence-electron chi connectivity index (χ2n) is 4.00. The van der Waals surface area contributed by atoms with Crippen molar-refractivity contribution in [1.82, 2.24) is 5.32 Å². The molecule has 2 aliphatic rings. The van der Waals surface area contributed by atoms with Gasteiger partial charge in [0.25, 0.3) is 0 Å². The molecule has 2 fully saturated rings. The molecule has 3 nitrogen and oxygen atoms in total. The van der Waals surface area contributed by atoms with Crippen LogP contribution in [0.1, 0.15) is 25.7 Å². The molecule has 1 amide bonds. The quantitative estimate of drug-likeness (QED) is 0.766. The van der Waals surface area contributed by atoms with Gasteiger partial charge in [-0.15, -0.1) is 12.4 Å². The minimum atomic E-state index is -0.497. The molecule has 1 aliphatic carbocycles. The van der Waals surface area contributed by atoms with Gasteiger partial charge in [0.15, 0.2) is 0 Å². The van der Waals surface area contributed by atoms with Gasteiger partial charge in [0, 0.05) is 11.8 Å². The summed E-state index contributed by atoms with van der Waals surface area (Å²) >= 11 is 1.96. The summed E-state index contributed by atoms with van der Waals surface area (Å²) in [6.45, 7) is 0.808. The van der Waals surface area contributed by atoms with Crippen LogP contribution in [-0.4, -0.2) is 29.0 Å². The lowest BCUT2D eigenvalue weighted by Gasteiger charge is -2.13. The molecule has 14 heavy (non-hydrogen) atoms. The number of carbonyl (C=O) groups excluding carboxylic acids is 1. The lowest BCUT2D eigenvalue weighted by Crippen LogP contribution is -2.44. The van der Waals surface area contributed by atoms with E-state index in [-0.39, 0.29) is 18.3 Å². The van der Waals surface area contributed by atoms with Crippen molar-refractivity contribution in [2.75, 3.05) is 12.3 Å². The second kappa shape index (κ2) is 4.73. The van der Waals surface area contributed by atoms with E-state index in [1.54, 1.807) is 0 Å². The summed E-state index contributed by atoms with van der Waals surface area (Å²) in [5.74, 6) is 1.30. The maximum absolute atomic E-state index is 11.4. The highest BCUT2D eigenvalue weighted by atomic mass is 35.5. The van der Waals surface area contributed by atoms with Gasteiger partial charge in [-0.25, -0.2) is 0 Å². The van der Waals surface area contributed by atoms with Crippen LogP contribution in [0.15, 0.2) is 0 Å². The maximum Gasteiger partial charge on any atom is 0.240 e. The van der Waals surface area contributed by atoms with E-state index in [0.717, 1.165) is 19.4 Å². The van der Waals surface area contributed by atoms with Crippen molar-refractivity contribution in [3.63, 3.8) is 0 Å². The molecule has 0 aromatic rings. The highest BCUT2D eigenvalue weighted by molar-refractivity contribution is 8.00. The van der Waals surface area contributed by atoms with Crippen LogP contribution in [0.4, 0.5) is 0 Å². The van der Waals surface area contributed by atoms with Gasteiger partial charge >= 0.3 is 0 Å². The Morgan fingerprint density at radius 3 is 2.79 bits per heavy atom. The number of amides is 1. The first-order valence-corrected chi connectivity index (χ1v) is 5.94. The zero-order valence-electron chi connectivity index (χ0n) is 8.12. The summed E-state index contributed by atoms with van der Waals surface area (Å²) in [7, 11) is 0. The third-order valence-electron chi connectivity index (χ3n) is 2.76.